The van der Waals surface area contributed by atoms with Crippen LogP contribution in [-0.2, 0) is 14.3 Å². The van der Waals surface area contributed by atoms with Gasteiger partial charge in [-0.05, 0) is 72.8 Å². The molecule has 14 nitrogen and oxygen atoms in total. The van der Waals surface area contributed by atoms with E-state index < -0.39 is 17.4 Å². The number of nitrogens with zero attached hydrogens (tertiary/aromatic N) is 6. The Labute approximate surface area is 424 Å². The summed E-state index contributed by atoms with van der Waals surface area (Å²) in [7, 11) is 1.22. The van der Waals surface area contributed by atoms with E-state index in [1.807, 2.05) is 121 Å². The number of carbonyl (C=O) groups is 3. The molecule has 10 aromatic rings. The summed E-state index contributed by atoms with van der Waals surface area (Å²) in [4.78, 5) is 60.4. The van der Waals surface area contributed by atoms with Gasteiger partial charge < -0.3 is 24.4 Å². The Hall–Kier alpha value is -8.30. The number of methoxy groups -OCH3 is 1. The first-order valence-electron chi connectivity index (χ1n) is 21.0. The molecule has 0 unspecified atom stereocenters. The van der Waals surface area contributed by atoms with Crippen LogP contribution in [0.2, 0.25) is 0 Å². The number of phenols is 2. The van der Waals surface area contributed by atoms with Gasteiger partial charge in [-0.25, -0.2) is 34.7 Å². The number of para-hydroxylation sites is 4. The van der Waals surface area contributed by atoms with Crippen molar-refractivity contribution in [2.75, 3.05) is 12.4 Å². The highest BCUT2D eigenvalue weighted by Crippen LogP contribution is 2.32. The maximum atomic E-state index is 11.5. The largest absolute Gasteiger partial charge is 0.506 e. The van der Waals surface area contributed by atoms with Crippen LogP contribution in [0.25, 0.3) is 89.2 Å². The predicted octanol–water partition coefficient (Wildman–Crippen LogP) is 13.6. The molecule has 0 bridgehead atoms. The predicted molar refractivity (Wildman–Crippen MR) is 281 cm³/mol. The molecular weight excluding hydrogens is 967 g/mol. The first-order valence-corrected chi connectivity index (χ1v) is 22.4. The lowest BCUT2D eigenvalue weighted by atomic mass is 10.1. The fraction of sp³-hybridized carbons (Fsp3) is 0.0926. The number of fused-ring (bicyclic) bond motifs is 4. The highest BCUT2D eigenvalue weighted by Gasteiger charge is 2.14. The second kappa shape index (κ2) is 24.3. The summed E-state index contributed by atoms with van der Waals surface area (Å²) in [5, 5.41) is 23.8. The Morgan fingerprint density at radius 1 is 0.437 bits per heavy atom. The lowest BCUT2D eigenvalue weighted by molar-refractivity contribution is -0.132. The first kappa shape index (κ1) is 52.1. The third-order valence-electron chi connectivity index (χ3n) is 9.98. The number of rotatable bonds is 6. The summed E-state index contributed by atoms with van der Waals surface area (Å²) < 4.78 is 14.5. The Morgan fingerprint density at radius 2 is 0.690 bits per heavy atom. The van der Waals surface area contributed by atoms with E-state index in [0.717, 1.165) is 21.5 Å². The number of carbonyl (C=O) groups excluding carboxylic acids is 3. The topological polar surface area (TPSA) is 197 Å². The molecule has 0 saturated carbocycles. The highest BCUT2D eigenvalue weighted by atomic mass is 35.5. The zero-order valence-electron chi connectivity index (χ0n) is 37.4. The number of aromatic nitrogens is 6. The van der Waals surface area contributed by atoms with Crippen LogP contribution in [0.1, 0.15) is 22.7 Å². The van der Waals surface area contributed by atoms with E-state index in [1.165, 1.54) is 21.0 Å². The second-order valence-electron chi connectivity index (χ2n) is 14.7. The van der Waals surface area contributed by atoms with E-state index in [0.29, 0.717) is 79.1 Å². The van der Waals surface area contributed by atoms with Crippen molar-refractivity contribution in [2.24, 2.45) is 0 Å². The number of ether oxygens (including phenoxy) is 3. The van der Waals surface area contributed by atoms with Crippen LogP contribution in [0.15, 0.2) is 158 Å². The number of hydrogen-bond acceptors (Lipinski definition) is 14. The van der Waals surface area contributed by atoms with Crippen molar-refractivity contribution in [3.63, 3.8) is 0 Å². The molecule has 0 aliphatic heterocycles. The Balaban J connectivity index is 0.000000230. The number of hydrogen-bond donors (Lipinski definition) is 2. The number of benzene rings is 4. The van der Waals surface area contributed by atoms with Gasteiger partial charge in [0.05, 0.1) is 58.0 Å². The van der Waals surface area contributed by atoms with Crippen LogP contribution in [0.4, 0.5) is 4.79 Å². The van der Waals surface area contributed by atoms with Crippen molar-refractivity contribution >= 4 is 95.8 Å². The van der Waals surface area contributed by atoms with Gasteiger partial charge in [0.2, 0.25) is 0 Å². The number of halogens is 3. The summed E-state index contributed by atoms with van der Waals surface area (Å²) in [6.07, 6.45) is 0. The highest BCUT2D eigenvalue weighted by molar-refractivity contribution is 6.61. The molecule has 6 heterocycles. The minimum Gasteiger partial charge on any atom is -0.506 e. The van der Waals surface area contributed by atoms with Crippen LogP contribution in [-0.4, -0.2) is 69.9 Å². The van der Waals surface area contributed by atoms with Crippen molar-refractivity contribution in [2.45, 2.75) is 21.3 Å². The average Bonchev–Trinajstić information content (AvgIpc) is 3.37. The molecule has 17 heteroatoms. The normalized spacial score (nSPS) is 10.3. The third kappa shape index (κ3) is 13.1. The average molecular weight is 1010 g/mol. The fourth-order valence-electron chi connectivity index (χ4n) is 6.99. The van der Waals surface area contributed by atoms with Gasteiger partial charge >= 0.3 is 17.4 Å². The van der Waals surface area contributed by atoms with Crippen LogP contribution < -0.4 is 9.47 Å². The van der Waals surface area contributed by atoms with E-state index >= 15 is 0 Å². The summed E-state index contributed by atoms with van der Waals surface area (Å²) >= 11 is 14.1. The summed E-state index contributed by atoms with van der Waals surface area (Å²) in [5.74, 6) is 0.268. The molecule has 71 heavy (non-hydrogen) atoms. The van der Waals surface area contributed by atoms with Gasteiger partial charge in [0.1, 0.15) is 33.6 Å². The van der Waals surface area contributed by atoms with Crippen molar-refractivity contribution in [1.29, 1.82) is 0 Å². The van der Waals surface area contributed by atoms with Crippen molar-refractivity contribution in [3.8, 4) is 68.5 Å². The second-order valence-corrected chi connectivity index (χ2v) is 15.8. The molecule has 0 atom stereocenters. The zero-order valence-corrected chi connectivity index (χ0v) is 39.6. The molecule has 2 N–H and O–H groups in total. The van der Waals surface area contributed by atoms with Gasteiger partial charge in [0.25, 0.3) is 0 Å². The standard InChI is InChI=1S/C27H19N3O4.C23H15N3O2.C2H3ClO2.CH2Cl2.CH4.H2/c1-16(31)33-24-10-3-6-18-12-14-22(29-26(18)24)20-8-5-9-21(28-20)23-15-13-19-7-4-11-25(27(19)30-23)34-17(2)32;27-20-8-1-4-14-10-12-18(25-22(14)20)16-6-3-7-17(24-16)19-13-11-15-5-2-9-21(28)23(15)26-19;1-5-2(3)4;2-1-3;;/h3-15H,1-2H3;1-13,27-28H;1H3;1H2;1H4;1H. The maximum absolute atomic E-state index is 11.5. The van der Waals surface area contributed by atoms with Gasteiger partial charge in [-0.2, -0.15) is 0 Å². The summed E-state index contributed by atoms with van der Waals surface area (Å²) in [5.41, 5.74) is 6.73. The van der Waals surface area contributed by atoms with Crippen LogP contribution in [0, 0.1) is 0 Å². The number of pyridine rings is 6. The summed E-state index contributed by atoms with van der Waals surface area (Å²) in [6, 6.07) is 47.9. The molecule has 0 spiro atoms. The summed E-state index contributed by atoms with van der Waals surface area (Å²) in [6.45, 7) is 2.72. The van der Waals surface area contributed by atoms with Gasteiger partial charge in [-0.1, -0.05) is 92.4 Å². The maximum Gasteiger partial charge on any atom is 0.403 e. The van der Waals surface area contributed by atoms with Gasteiger partial charge in [-0.15, -0.1) is 23.2 Å². The van der Waals surface area contributed by atoms with Crippen molar-refractivity contribution < 1.29 is 40.2 Å². The van der Waals surface area contributed by atoms with E-state index in [4.69, 9.17) is 52.6 Å². The lowest BCUT2D eigenvalue weighted by Gasteiger charge is -2.09. The molecule has 6 aromatic heterocycles. The SMILES string of the molecule is C.CC(=O)Oc1cccc2ccc(-c3cccc(-c4ccc5cccc(OC(C)=O)c5n4)n3)nc12.COC(=O)Cl.ClCCl.Oc1cccc2ccc(-c3cccc(-c4ccc5cccc(O)c5n4)n3)nc12.[HH]. The van der Waals surface area contributed by atoms with E-state index in [1.54, 1.807) is 36.4 Å². The minimum absolute atomic E-state index is 0. The smallest absolute Gasteiger partial charge is 0.403 e. The lowest BCUT2D eigenvalue weighted by Crippen LogP contribution is -2.03. The molecule has 0 amide bonds. The fourth-order valence-corrected chi connectivity index (χ4v) is 6.99. The monoisotopic (exact) mass is 1010 g/mol. The van der Waals surface area contributed by atoms with Gasteiger partial charge in [-0.3, -0.25) is 9.59 Å². The van der Waals surface area contributed by atoms with Crippen molar-refractivity contribution in [1.82, 2.24) is 29.9 Å². The third-order valence-corrected chi connectivity index (χ3v) is 10.1. The Bertz CT molecular complexity index is 3340. The molecule has 0 radical (unpaired) electrons. The van der Waals surface area contributed by atoms with E-state index in [9.17, 15) is 24.6 Å². The number of aromatic hydroxyl groups is 2. The molecule has 0 aliphatic carbocycles. The molecule has 0 fully saturated rings. The van der Waals surface area contributed by atoms with Crippen molar-refractivity contribution in [3.05, 3.63) is 158 Å². The quantitative estimate of drug-likeness (QED) is 0.0690. The van der Waals surface area contributed by atoms with Gasteiger partial charge in [0.15, 0.2) is 11.5 Å². The minimum atomic E-state index is -0.773. The van der Waals surface area contributed by atoms with Crippen LogP contribution >= 0.6 is 34.8 Å². The molecule has 0 aliphatic rings. The number of phenolic OH excluding ortho intramolecular Hbond substituents is 2. The van der Waals surface area contributed by atoms with Crippen LogP contribution in [0.5, 0.6) is 23.0 Å². The molecule has 360 valence electrons. The first-order chi connectivity index (χ1) is 33.8. The molecular formula is C54H45Cl3N6O8. The zero-order chi connectivity index (χ0) is 49.7. The number of alkyl halides is 2. The van der Waals surface area contributed by atoms with Gasteiger partial charge in [0, 0.05) is 48.4 Å². The molecule has 10 rings (SSSR count). The molecule has 4 aromatic carbocycles. The van der Waals surface area contributed by atoms with Crippen LogP contribution in [0.3, 0.4) is 0 Å². The van der Waals surface area contributed by atoms with E-state index in [-0.39, 0.29) is 25.7 Å². The van der Waals surface area contributed by atoms with E-state index in [2.05, 4.69) is 26.3 Å². The number of esters is 2. The Kier molecular flexibility index (Phi) is 17.8. The molecule has 0 saturated heterocycles. The Morgan fingerprint density at radius 3 is 0.986 bits per heavy atom.